The maximum atomic E-state index is 13.5. The molecule has 0 bridgehead atoms. The number of carbonyl (C=O) groups excluding carboxylic acids is 4. The van der Waals surface area contributed by atoms with Crippen molar-refractivity contribution < 1.29 is 43.6 Å². The van der Waals surface area contributed by atoms with Crippen LogP contribution < -0.4 is 10.6 Å². The van der Waals surface area contributed by atoms with Crippen molar-refractivity contribution in [2.75, 3.05) is 0 Å². The van der Waals surface area contributed by atoms with E-state index in [9.17, 15) is 29.4 Å². The Labute approximate surface area is 252 Å². The zero-order chi connectivity index (χ0) is 32.6. The van der Waals surface area contributed by atoms with Gasteiger partial charge < -0.3 is 35.1 Å². The molecule has 2 rings (SSSR count). The van der Waals surface area contributed by atoms with Crippen LogP contribution in [-0.4, -0.2) is 68.8 Å². The first kappa shape index (κ1) is 35.2. The van der Waals surface area contributed by atoms with Gasteiger partial charge in [0.15, 0.2) is 12.1 Å². The molecule has 2 aromatic carbocycles. The van der Waals surface area contributed by atoms with Gasteiger partial charge in [-0.05, 0) is 66.5 Å². The monoisotopic (exact) mass is 600 g/mol. The molecule has 0 aliphatic heterocycles. The molecular weight excluding hydrogens is 556 g/mol. The first-order valence-corrected chi connectivity index (χ1v) is 14.0. The summed E-state index contributed by atoms with van der Waals surface area (Å²) < 4.78 is 15.7. The van der Waals surface area contributed by atoms with Crippen molar-refractivity contribution in [2.24, 2.45) is 0 Å². The van der Waals surface area contributed by atoms with Gasteiger partial charge in [0.05, 0.1) is 11.2 Å². The molecule has 11 heteroatoms. The van der Waals surface area contributed by atoms with Gasteiger partial charge in [-0.1, -0.05) is 60.7 Å². The highest BCUT2D eigenvalue weighted by Gasteiger charge is 2.46. The third-order valence-corrected chi connectivity index (χ3v) is 6.05. The molecule has 11 nitrogen and oxygen atoms in total. The van der Waals surface area contributed by atoms with Crippen LogP contribution >= 0.6 is 0 Å². The molecule has 0 radical (unpaired) electrons. The number of hydrogen-bond acceptors (Lipinski definition) is 9. The Kier molecular flexibility index (Phi) is 11.5. The number of esters is 2. The second kappa shape index (κ2) is 14.0. The molecule has 4 atom stereocenters. The van der Waals surface area contributed by atoms with Gasteiger partial charge in [0.1, 0.15) is 11.2 Å². The van der Waals surface area contributed by atoms with Crippen LogP contribution in [-0.2, 0) is 36.6 Å². The molecule has 236 valence electrons. The lowest BCUT2D eigenvalue weighted by Crippen LogP contribution is -2.61. The summed E-state index contributed by atoms with van der Waals surface area (Å²) in [5.41, 5.74) is -4.51. The predicted octanol–water partition coefficient (Wildman–Crippen LogP) is 3.83. The second-order valence-electron chi connectivity index (χ2n) is 12.9. The Balaban J connectivity index is 2.40. The van der Waals surface area contributed by atoms with E-state index >= 15 is 0 Å². The third kappa shape index (κ3) is 12.0. The molecule has 0 spiro atoms. The normalized spacial score (nSPS) is 16.0. The van der Waals surface area contributed by atoms with Crippen molar-refractivity contribution >= 4 is 24.1 Å². The summed E-state index contributed by atoms with van der Waals surface area (Å²) in [5.74, 6) is -2.66. The molecule has 43 heavy (non-hydrogen) atoms. The van der Waals surface area contributed by atoms with Gasteiger partial charge >= 0.3 is 24.1 Å². The Morgan fingerprint density at radius 2 is 0.907 bits per heavy atom. The zero-order valence-corrected chi connectivity index (χ0v) is 26.1. The summed E-state index contributed by atoms with van der Waals surface area (Å²) in [6.45, 7) is 12.3. The molecule has 0 saturated heterocycles. The number of alkyl carbamates (subject to hydrolysis) is 2. The standard InChI is InChI=1S/C32H44N2O9/c1-29(2,3)42-27(37)33-23(31(7,39)19-21-15-11-9-12-16-21)25(35)41-26(36)24(34-28(38)43-30(4,5)6)32(8,40)20-22-17-13-10-14-18-22/h9-18,23-24,39-40H,19-20H2,1-8H3,(H,33,37)(H,34,38)/t23-,24-,31+,32+/m1/s1. The Morgan fingerprint density at radius 3 is 1.19 bits per heavy atom. The van der Waals surface area contributed by atoms with E-state index in [0.717, 1.165) is 0 Å². The van der Waals surface area contributed by atoms with E-state index in [-0.39, 0.29) is 12.8 Å². The van der Waals surface area contributed by atoms with E-state index in [0.29, 0.717) is 11.1 Å². The molecule has 0 aliphatic carbocycles. The van der Waals surface area contributed by atoms with Crippen LogP contribution in [0.5, 0.6) is 0 Å². The summed E-state index contributed by atoms with van der Waals surface area (Å²) in [4.78, 5) is 52.4. The fraction of sp³-hybridized carbons (Fsp3) is 0.500. The Morgan fingerprint density at radius 1 is 0.605 bits per heavy atom. The highest BCUT2D eigenvalue weighted by molar-refractivity contribution is 5.94. The Bertz CT molecular complexity index is 1150. The van der Waals surface area contributed by atoms with E-state index in [1.165, 1.54) is 13.8 Å². The molecule has 0 aliphatic rings. The molecule has 2 amide bonds. The number of hydrogen-bond donors (Lipinski definition) is 4. The quantitative estimate of drug-likeness (QED) is 0.180. The van der Waals surface area contributed by atoms with Gasteiger partial charge in [-0.25, -0.2) is 19.2 Å². The van der Waals surface area contributed by atoms with E-state index in [1.54, 1.807) is 102 Å². The number of benzene rings is 2. The molecule has 2 aromatic rings. The highest BCUT2D eigenvalue weighted by atomic mass is 16.6. The molecule has 0 unspecified atom stereocenters. The Hall–Kier alpha value is -3.96. The predicted molar refractivity (Wildman–Crippen MR) is 159 cm³/mol. The second-order valence-corrected chi connectivity index (χ2v) is 12.9. The third-order valence-electron chi connectivity index (χ3n) is 6.05. The van der Waals surface area contributed by atoms with Gasteiger partial charge in [-0.3, -0.25) is 0 Å². The van der Waals surface area contributed by atoms with Crippen molar-refractivity contribution in [2.45, 2.75) is 103 Å². The minimum atomic E-state index is -1.96. The fourth-order valence-electron chi connectivity index (χ4n) is 4.23. The van der Waals surface area contributed by atoms with E-state index in [4.69, 9.17) is 14.2 Å². The first-order chi connectivity index (χ1) is 19.7. The van der Waals surface area contributed by atoms with Crippen LogP contribution in [0.1, 0.15) is 66.5 Å². The van der Waals surface area contributed by atoms with Crippen molar-refractivity contribution in [1.82, 2.24) is 10.6 Å². The maximum absolute atomic E-state index is 13.5. The van der Waals surface area contributed by atoms with E-state index in [2.05, 4.69) is 10.6 Å². The number of ether oxygens (including phenoxy) is 3. The van der Waals surface area contributed by atoms with Crippen LogP contribution in [0.4, 0.5) is 9.59 Å². The number of carbonyl (C=O) groups is 4. The van der Waals surface area contributed by atoms with Crippen molar-refractivity contribution in [1.29, 1.82) is 0 Å². The SMILES string of the molecule is CC(C)(C)OC(=O)N[C@H](C(=O)OC(=O)[C@@H](NC(=O)OC(C)(C)C)[C@@](C)(O)Cc1ccccc1)[C@@](C)(O)Cc1ccccc1. The van der Waals surface area contributed by atoms with Gasteiger partial charge in [0.2, 0.25) is 0 Å². The lowest BCUT2D eigenvalue weighted by atomic mass is 9.88. The molecule has 4 N–H and O–H groups in total. The highest BCUT2D eigenvalue weighted by Crippen LogP contribution is 2.23. The van der Waals surface area contributed by atoms with Crippen LogP contribution in [0.2, 0.25) is 0 Å². The minimum Gasteiger partial charge on any atom is -0.444 e. The summed E-state index contributed by atoms with van der Waals surface area (Å²) >= 11 is 0. The van der Waals surface area contributed by atoms with E-state index < -0.39 is 58.6 Å². The number of rotatable bonds is 10. The number of amides is 2. The van der Waals surface area contributed by atoms with Crippen molar-refractivity contribution in [3.63, 3.8) is 0 Å². The molecular formula is C32H44N2O9. The van der Waals surface area contributed by atoms with Crippen LogP contribution in [0.15, 0.2) is 60.7 Å². The summed E-state index contributed by atoms with van der Waals surface area (Å²) in [6.07, 6.45) is -2.28. The minimum absolute atomic E-state index is 0.108. The van der Waals surface area contributed by atoms with Gasteiger partial charge in [-0.2, -0.15) is 0 Å². The zero-order valence-electron chi connectivity index (χ0n) is 26.1. The smallest absolute Gasteiger partial charge is 0.408 e. The van der Waals surface area contributed by atoms with Gasteiger partial charge in [0, 0.05) is 12.8 Å². The average molecular weight is 601 g/mol. The van der Waals surface area contributed by atoms with Crippen LogP contribution in [0, 0.1) is 0 Å². The molecule has 0 heterocycles. The van der Waals surface area contributed by atoms with E-state index in [1.807, 2.05) is 0 Å². The van der Waals surface area contributed by atoms with Crippen molar-refractivity contribution in [3.05, 3.63) is 71.8 Å². The van der Waals surface area contributed by atoms with Gasteiger partial charge in [-0.15, -0.1) is 0 Å². The topological polar surface area (TPSA) is 160 Å². The summed E-state index contributed by atoms with van der Waals surface area (Å²) in [5, 5.41) is 27.4. The van der Waals surface area contributed by atoms with Crippen molar-refractivity contribution in [3.8, 4) is 0 Å². The largest absolute Gasteiger partial charge is 0.444 e. The lowest BCUT2D eigenvalue weighted by molar-refractivity contribution is -0.170. The first-order valence-electron chi connectivity index (χ1n) is 14.0. The average Bonchev–Trinajstić information content (AvgIpc) is 2.84. The van der Waals surface area contributed by atoms with Gasteiger partial charge in [0.25, 0.3) is 0 Å². The number of aliphatic hydroxyl groups is 2. The summed E-state index contributed by atoms with van der Waals surface area (Å²) in [7, 11) is 0. The van der Waals surface area contributed by atoms with Crippen LogP contribution in [0.25, 0.3) is 0 Å². The molecule has 0 saturated carbocycles. The molecule has 0 fully saturated rings. The maximum Gasteiger partial charge on any atom is 0.408 e. The van der Waals surface area contributed by atoms with Crippen LogP contribution in [0.3, 0.4) is 0 Å². The molecule has 0 aromatic heterocycles. The fourth-order valence-corrected chi connectivity index (χ4v) is 4.23. The lowest BCUT2D eigenvalue weighted by Gasteiger charge is -2.34. The summed E-state index contributed by atoms with van der Waals surface area (Å²) in [6, 6.07) is 13.8. The number of nitrogens with one attached hydrogen (secondary N) is 2.